The molecule has 29 heavy (non-hydrogen) atoms. The lowest BCUT2D eigenvalue weighted by Gasteiger charge is -2.10. The van der Waals surface area contributed by atoms with Crippen molar-refractivity contribution in [3.63, 3.8) is 0 Å². The van der Waals surface area contributed by atoms with E-state index in [2.05, 4.69) is 16.2 Å². The number of anilines is 1. The van der Waals surface area contributed by atoms with Crippen molar-refractivity contribution >= 4 is 44.8 Å². The molecule has 0 heterocycles. The summed E-state index contributed by atoms with van der Waals surface area (Å²) in [6.07, 6.45) is -0.130. The molecule has 11 nitrogen and oxygen atoms in total. The van der Waals surface area contributed by atoms with Crippen molar-refractivity contribution in [2.45, 2.75) is 11.3 Å². The Morgan fingerprint density at radius 3 is 2.34 bits per heavy atom. The first-order chi connectivity index (χ1) is 13.6. The molecule has 154 valence electrons. The van der Waals surface area contributed by atoms with Gasteiger partial charge in [0, 0.05) is 29.6 Å². The van der Waals surface area contributed by atoms with Crippen LogP contribution in [-0.4, -0.2) is 31.7 Å². The number of primary sulfonamides is 1. The zero-order chi connectivity index (χ0) is 21.6. The van der Waals surface area contributed by atoms with Gasteiger partial charge in [-0.2, -0.15) is 0 Å². The Labute approximate surface area is 170 Å². The van der Waals surface area contributed by atoms with Gasteiger partial charge in [-0.05, 0) is 36.4 Å². The second-order valence-corrected chi connectivity index (χ2v) is 7.66. The Hall–Kier alpha value is -3.22. The van der Waals surface area contributed by atoms with E-state index in [-0.39, 0.29) is 18.7 Å². The Balaban J connectivity index is 1.89. The maximum atomic E-state index is 11.9. The molecular formula is C16H16ClN5O6S. The van der Waals surface area contributed by atoms with Gasteiger partial charge in [0.05, 0.1) is 9.82 Å². The smallest absolute Gasteiger partial charge is 0.293 e. The number of sulfonamides is 1. The number of nitrogens with two attached hydrogens (primary N) is 1. The highest BCUT2D eigenvalue weighted by molar-refractivity contribution is 7.89. The highest BCUT2D eigenvalue weighted by Crippen LogP contribution is 2.27. The van der Waals surface area contributed by atoms with Crippen LogP contribution < -0.4 is 21.3 Å². The summed E-state index contributed by atoms with van der Waals surface area (Å²) >= 11 is 5.73. The molecule has 0 saturated carbocycles. The third-order valence-electron chi connectivity index (χ3n) is 3.58. The summed E-state index contributed by atoms with van der Waals surface area (Å²) in [6, 6.07) is 9.12. The molecule has 0 atom stereocenters. The van der Waals surface area contributed by atoms with Crippen molar-refractivity contribution in [3.8, 4) is 0 Å². The highest BCUT2D eigenvalue weighted by atomic mass is 35.5. The third kappa shape index (κ3) is 6.41. The molecule has 0 aliphatic carbocycles. The van der Waals surface area contributed by atoms with Gasteiger partial charge < -0.3 is 5.32 Å². The van der Waals surface area contributed by atoms with E-state index in [4.69, 9.17) is 16.7 Å². The number of halogens is 1. The van der Waals surface area contributed by atoms with Gasteiger partial charge in [0.2, 0.25) is 15.9 Å². The molecule has 5 N–H and O–H groups in total. The minimum absolute atomic E-state index is 0.0143. The van der Waals surface area contributed by atoms with Crippen molar-refractivity contribution in [3.05, 3.63) is 63.2 Å². The minimum atomic E-state index is -4.09. The molecule has 0 radical (unpaired) electrons. The van der Waals surface area contributed by atoms with Gasteiger partial charge in [0.25, 0.3) is 11.6 Å². The Kier molecular flexibility index (Phi) is 7.09. The molecule has 0 bridgehead atoms. The molecule has 0 aromatic heterocycles. The fourth-order valence-electron chi connectivity index (χ4n) is 2.16. The van der Waals surface area contributed by atoms with Gasteiger partial charge >= 0.3 is 0 Å². The number of hydrogen-bond acceptors (Lipinski definition) is 7. The zero-order valence-electron chi connectivity index (χ0n) is 14.7. The van der Waals surface area contributed by atoms with Crippen LogP contribution in [0.15, 0.2) is 47.4 Å². The molecule has 2 rings (SSSR count). The summed E-state index contributed by atoms with van der Waals surface area (Å²) in [7, 11) is -4.09. The second kappa shape index (κ2) is 9.32. The maximum Gasteiger partial charge on any atom is 0.293 e. The molecule has 0 saturated heterocycles. The van der Waals surface area contributed by atoms with Gasteiger partial charge in [-0.3, -0.25) is 30.6 Å². The van der Waals surface area contributed by atoms with E-state index < -0.39 is 37.3 Å². The van der Waals surface area contributed by atoms with Gasteiger partial charge in [-0.1, -0.05) is 11.6 Å². The largest absolute Gasteiger partial charge is 0.379 e. The maximum absolute atomic E-state index is 11.9. The summed E-state index contributed by atoms with van der Waals surface area (Å²) in [6.45, 7) is -0.0157. The molecule has 2 aromatic rings. The van der Waals surface area contributed by atoms with E-state index in [0.717, 1.165) is 12.1 Å². The highest BCUT2D eigenvalue weighted by Gasteiger charge is 2.19. The molecule has 13 heteroatoms. The predicted octanol–water partition coefficient (Wildman–Crippen LogP) is 1.16. The quantitative estimate of drug-likeness (QED) is 0.368. The van der Waals surface area contributed by atoms with E-state index in [0.29, 0.717) is 10.6 Å². The van der Waals surface area contributed by atoms with Gasteiger partial charge in [-0.25, -0.2) is 13.6 Å². The van der Waals surface area contributed by atoms with Crippen LogP contribution in [0.1, 0.15) is 16.8 Å². The third-order valence-corrected chi connectivity index (χ3v) is 4.75. The number of nitrogens with one attached hydrogen (secondary N) is 3. The van der Waals surface area contributed by atoms with Crippen LogP contribution in [0, 0.1) is 10.1 Å². The number of nitro benzene ring substituents is 1. The second-order valence-electron chi connectivity index (χ2n) is 5.67. The lowest BCUT2D eigenvalue weighted by molar-refractivity contribution is -0.384. The predicted molar refractivity (Wildman–Crippen MR) is 105 cm³/mol. The average molecular weight is 442 g/mol. The fraction of sp³-hybridized carbons (Fsp3) is 0.125. The van der Waals surface area contributed by atoms with Crippen LogP contribution in [0.5, 0.6) is 0 Å². The summed E-state index contributed by atoms with van der Waals surface area (Å²) < 4.78 is 22.6. The fourth-order valence-corrected chi connectivity index (χ4v) is 2.82. The topological polar surface area (TPSA) is 174 Å². The molecule has 0 fully saturated rings. The van der Waals surface area contributed by atoms with Crippen molar-refractivity contribution < 1.29 is 22.9 Å². The monoisotopic (exact) mass is 441 g/mol. The van der Waals surface area contributed by atoms with E-state index in [9.17, 15) is 28.1 Å². The number of rotatable bonds is 7. The summed E-state index contributed by atoms with van der Waals surface area (Å²) in [5, 5.41) is 19.2. The van der Waals surface area contributed by atoms with E-state index in [1.54, 1.807) is 0 Å². The van der Waals surface area contributed by atoms with Crippen molar-refractivity contribution in [1.29, 1.82) is 0 Å². The Bertz CT molecular complexity index is 1040. The molecular weight excluding hydrogens is 426 g/mol. The molecule has 0 unspecified atom stereocenters. The number of carbonyl (C=O) groups is 2. The lowest BCUT2D eigenvalue weighted by Crippen LogP contribution is -2.42. The van der Waals surface area contributed by atoms with Gasteiger partial charge in [0.15, 0.2) is 0 Å². The number of nitro groups is 1. The molecule has 0 aliphatic rings. The van der Waals surface area contributed by atoms with Crippen molar-refractivity contribution in [1.82, 2.24) is 10.9 Å². The summed E-state index contributed by atoms with van der Waals surface area (Å²) in [5.41, 5.74) is 4.23. The first-order valence-corrected chi connectivity index (χ1v) is 9.90. The van der Waals surface area contributed by atoms with Crippen molar-refractivity contribution in [2.75, 3.05) is 11.9 Å². The van der Waals surface area contributed by atoms with Crippen LogP contribution in [0.4, 0.5) is 11.4 Å². The Morgan fingerprint density at radius 1 is 1.10 bits per heavy atom. The average Bonchev–Trinajstić information content (AvgIpc) is 2.65. The lowest BCUT2D eigenvalue weighted by atomic mass is 10.2. The van der Waals surface area contributed by atoms with Crippen LogP contribution in [0.2, 0.25) is 5.02 Å². The number of nitrogens with zero attached hydrogens (tertiary/aromatic N) is 1. The van der Waals surface area contributed by atoms with Gasteiger partial charge in [-0.15, -0.1) is 0 Å². The molecule has 2 aromatic carbocycles. The summed E-state index contributed by atoms with van der Waals surface area (Å²) in [5.74, 6) is -1.10. The molecule has 0 aliphatic heterocycles. The Morgan fingerprint density at radius 2 is 1.76 bits per heavy atom. The van der Waals surface area contributed by atoms with Crippen molar-refractivity contribution in [2.24, 2.45) is 5.14 Å². The number of benzene rings is 2. The SMILES string of the molecule is NS(=O)(=O)c1ccc(NCCC(=O)NNC(=O)c2ccc(Cl)cc2)c([N+](=O)[O-])c1. The van der Waals surface area contributed by atoms with Crippen LogP contribution >= 0.6 is 11.6 Å². The first-order valence-electron chi connectivity index (χ1n) is 7.98. The standard InChI is InChI=1S/C16H16ClN5O6S/c17-11-3-1-10(2-4-11)16(24)21-20-15(23)7-8-19-13-6-5-12(29(18,27)28)9-14(13)22(25)26/h1-6,9,19H,7-8H2,(H,20,23)(H,21,24)(H2,18,27,28). The number of hydrogen-bond donors (Lipinski definition) is 4. The first kappa shape index (κ1) is 22.1. The van der Waals surface area contributed by atoms with Crippen LogP contribution in [-0.2, 0) is 14.8 Å². The van der Waals surface area contributed by atoms with Gasteiger partial charge in [0.1, 0.15) is 5.69 Å². The molecule has 0 spiro atoms. The normalized spacial score (nSPS) is 10.8. The summed E-state index contributed by atoms with van der Waals surface area (Å²) in [4.78, 5) is 33.6. The van der Waals surface area contributed by atoms with Crippen LogP contribution in [0.25, 0.3) is 0 Å². The van der Waals surface area contributed by atoms with E-state index in [1.807, 2.05) is 0 Å². The zero-order valence-corrected chi connectivity index (χ0v) is 16.3. The number of hydrazine groups is 1. The minimum Gasteiger partial charge on any atom is -0.379 e. The van der Waals surface area contributed by atoms with Crippen LogP contribution in [0.3, 0.4) is 0 Å². The number of carbonyl (C=O) groups excluding carboxylic acids is 2. The number of amides is 2. The molecule has 2 amide bonds. The van der Waals surface area contributed by atoms with E-state index in [1.165, 1.54) is 30.3 Å². The van der Waals surface area contributed by atoms with E-state index >= 15 is 0 Å².